The smallest absolute Gasteiger partial charge is 0.264 e. The van der Waals surface area contributed by atoms with E-state index in [4.69, 9.17) is 9.47 Å². The first-order valence-corrected chi connectivity index (χ1v) is 14.3. The van der Waals surface area contributed by atoms with Crippen molar-refractivity contribution < 1.29 is 27.5 Å². The first kappa shape index (κ1) is 28.0. The molecule has 1 aliphatic heterocycles. The number of anilines is 1. The van der Waals surface area contributed by atoms with E-state index in [-0.39, 0.29) is 23.0 Å². The van der Waals surface area contributed by atoms with Gasteiger partial charge in [0.25, 0.3) is 10.0 Å². The molecule has 2 amide bonds. The van der Waals surface area contributed by atoms with Crippen molar-refractivity contribution in [1.29, 1.82) is 0 Å². The summed E-state index contributed by atoms with van der Waals surface area (Å²) in [6, 6.07) is 21.1. The lowest BCUT2D eigenvalue weighted by Crippen LogP contribution is -2.51. The lowest BCUT2D eigenvalue weighted by molar-refractivity contribution is -0.139. The summed E-state index contributed by atoms with van der Waals surface area (Å²) < 4.78 is 40.1. The van der Waals surface area contributed by atoms with E-state index in [1.807, 2.05) is 37.3 Å². The van der Waals surface area contributed by atoms with E-state index in [1.165, 1.54) is 17.0 Å². The minimum Gasteiger partial charge on any atom is -0.486 e. The van der Waals surface area contributed by atoms with E-state index in [2.05, 4.69) is 5.32 Å². The molecule has 3 aromatic carbocycles. The predicted octanol–water partition coefficient (Wildman–Crippen LogP) is 3.60. The number of amides is 2. The molecular weight excluding hydrogens is 518 g/mol. The number of carbonyl (C=O) groups is 2. The van der Waals surface area contributed by atoms with Crippen LogP contribution in [0.3, 0.4) is 0 Å². The van der Waals surface area contributed by atoms with Crippen LogP contribution in [0.25, 0.3) is 0 Å². The van der Waals surface area contributed by atoms with Crippen LogP contribution in [0.1, 0.15) is 25.8 Å². The van der Waals surface area contributed by atoms with Gasteiger partial charge in [0.1, 0.15) is 25.8 Å². The molecule has 206 valence electrons. The Hall–Kier alpha value is -4.05. The first-order chi connectivity index (χ1) is 18.8. The highest BCUT2D eigenvalue weighted by Crippen LogP contribution is 2.36. The van der Waals surface area contributed by atoms with Crippen LogP contribution in [-0.2, 0) is 26.2 Å². The molecule has 0 fully saturated rings. The molecule has 1 atom stereocenters. The maximum Gasteiger partial charge on any atom is 0.264 e. The molecule has 0 spiro atoms. The number of hydrogen-bond acceptors (Lipinski definition) is 6. The van der Waals surface area contributed by atoms with Crippen molar-refractivity contribution in [2.24, 2.45) is 0 Å². The van der Waals surface area contributed by atoms with E-state index >= 15 is 0 Å². The Morgan fingerprint density at radius 2 is 1.56 bits per heavy atom. The van der Waals surface area contributed by atoms with Crippen LogP contribution in [0.2, 0.25) is 0 Å². The Labute approximate surface area is 229 Å². The number of nitrogens with one attached hydrogen (secondary N) is 1. The zero-order valence-electron chi connectivity index (χ0n) is 22.1. The van der Waals surface area contributed by atoms with Gasteiger partial charge in [0.05, 0.1) is 10.6 Å². The zero-order chi connectivity index (χ0) is 27.8. The van der Waals surface area contributed by atoms with Gasteiger partial charge in [-0.05, 0) is 43.2 Å². The standard InChI is InChI=1S/C29H33N3O6S/c1-3-16-30-29(34)22(2)31(20-23-10-6-4-7-11-23)28(33)21-32(39(35,36)25-12-8-5-9-13-25)24-14-15-26-27(19-24)38-18-17-37-26/h4-15,19,22H,3,16-18,20-21H2,1-2H3,(H,30,34)/t22-/m1/s1. The zero-order valence-corrected chi connectivity index (χ0v) is 22.9. The maximum atomic E-state index is 13.9. The van der Waals surface area contributed by atoms with Gasteiger partial charge >= 0.3 is 0 Å². The summed E-state index contributed by atoms with van der Waals surface area (Å²) in [6.45, 7) is 4.40. The highest BCUT2D eigenvalue weighted by atomic mass is 32.2. The van der Waals surface area contributed by atoms with E-state index in [0.29, 0.717) is 31.3 Å². The molecule has 1 N–H and O–H groups in total. The van der Waals surface area contributed by atoms with Crippen LogP contribution >= 0.6 is 0 Å². The second-order valence-corrected chi connectivity index (χ2v) is 11.0. The Morgan fingerprint density at radius 1 is 0.923 bits per heavy atom. The number of benzene rings is 3. The summed E-state index contributed by atoms with van der Waals surface area (Å²) in [5.41, 5.74) is 1.07. The molecule has 10 heteroatoms. The van der Waals surface area contributed by atoms with Crippen LogP contribution in [-0.4, -0.2) is 57.5 Å². The van der Waals surface area contributed by atoms with Crippen molar-refractivity contribution in [1.82, 2.24) is 10.2 Å². The van der Waals surface area contributed by atoms with Crippen LogP contribution in [0.4, 0.5) is 5.69 Å². The first-order valence-electron chi connectivity index (χ1n) is 12.9. The average Bonchev–Trinajstić information content (AvgIpc) is 2.97. The second-order valence-electron chi connectivity index (χ2n) is 9.13. The third kappa shape index (κ3) is 6.69. The molecular formula is C29H33N3O6S. The fourth-order valence-corrected chi connectivity index (χ4v) is 5.62. The van der Waals surface area contributed by atoms with Gasteiger partial charge in [-0.2, -0.15) is 0 Å². The molecule has 39 heavy (non-hydrogen) atoms. The largest absolute Gasteiger partial charge is 0.486 e. The van der Waals surface area contributed by atoms with Crippen molar-refractivity contribution in [2.45, 2.75) is 37.8 Å². The van der Waals surface area contributed by atoms with Crippen molar-refractivity contribution in [3.8, 4) is 11.5 Å². The number of sulfonamides is 1. The minimum atomic E-state index is -4.15. The molecule has 0 saturated carbocycles. The Kier molecular flexibility index (Phi) is 9.08. The van der Waals surface area contributed by atoms with E-state index in [9.17, 15) is 18.0 Å². The van der Waals surface area contributed by atoms with Crippen molar-refractivity contribution >= 4 is 27.5 Å². The maximum absolute atomic E-state index is 13.9. The van der Waals surface area contributed by atoms with Gasteiger partial charge in [-0.1, -0.05) is 55.5 Å². The minimum absolute atomic E-state index is 0.0380. The van der Waals surface area contributed by atoms with Gasteiger partial charge in [-0.15, -0.1) is 0 Å². The van der Waals surface area contributed by atoms with Crippen molar-refractivity contribution in [3.63, 3.8) is 0 Å². The number of ether oxygens (including phenoxy) is 2. The Bertz CT molecular complexity index is 1380. The fourth-order valence-electron chi connectivity index (χ4n) is 4.19. The van der Waals surface area contributed by atoms with Gasteiger partial charge < -0.3 is 19.7 Å². The Morgan fingerprint density at radius 3 is 2.23 bits per heavy atom. The Balaban J connectivity index is 1.71. The van der Waals surface area contributed by atoms with Gasteiger partial charge in [0.15, 0.2) is 11.5 Å². The summed E-state index contributed by atoms with van der Waals surface area (Å²) in [5.74, 6) is 0.0681. The number of fused-ring (bicyclic) bond motifs is 1. The summed E-state index contributed by atoms with van der Waals surface area (Å²) in [6.07, 6.45) is 0.748. The third-order valence-electron chi connectivity index (χ3n) is 6.34. The van der Waals surface area contributed by atoms with Crippen LogP contribution in [0, 0.1) is 0 Å². The summed E-state index contributed by atoms with van der Waals surface area (Å²) >= 11 is 0. The summed E-state index contributed by atoms with van der Waals surface area (Å²) in [7, 11) is -4.15. The van der Waals surface area contributed by atoms with Crippen LogP contribution in [0.15, 0.2) is 83.8 Å². The highest BCUT2D eigenvalue weighted by molar-refractivity contribution is 7.92. The lowest BCUT2D eigenvalue weighted by atomic mass is 10.1. The predicted molar refractivity (Wildman–Crippen MR) is 148 cm³/mol. The molecule has 9 nitrogen and oxygen atoms in total. The lowest BCUT2D eigenvalue weighted by Gasteiger charge is -2.32. The molecule has 0 bridgehead atoms. The highest BCUT2D eigenvalue weighted by Gasteiger charge is 2.33. The normalized spacial score (nSPS) is 13.3. The fraction of sp³-hybridized carbons (Fsp3) is 0.310. The van der Waals surface area contributed by atoms with Gasteiger partial charge in [0.2, 0.25) is 11.8 Å². The van der Waals surface area contributed by atoms with Crippen LogP contribution < -0.4 is 19.1 Å². The number of rotatable bonds is 11. The molecule has 0 aliphatic carbocycles. The van der Waals surface area contributed by atoms with Gasteiger partial charge in [-0.3, -0.25) is 13.9 Å². The molecule has 0 unspecified atom stereocenters. The molecule has 0 saturated heterocycles. The van der Waals surface area contributed by atoms with Gasteiger partial charge in [-0.25, -0.2) is 8.42 Å². The summed E-state index contributed by atoms with van der Waals surface area (Å²) in [4.78, 5) is 28.3. The number of hydrogen-bond donors (Lipinski definition) is 1. The van der Waals surface area contributed by atoms with Crippen molar-refractivity contribution in [3.05, 3.63) is 84.4 Å². The summed E-state index contributed by atoms with van der Waals surface area (Å²) in [5, 5.41) is 2.83. The average molecular weight is 552 g/mol. The molecule has 0 radical (unpaired) electrons. The van der Waals surface area contributed by atoms with E-state index in [0.717, 1.165) is 16.3 Å². The van der Waals surface area contributed by atoms with Crippen molar-refractivity contribution in [2.75, 3.05) is 30.6 Å². The van der Waals surface area contributed by atoms with Crippen LogP contribution in [0.5, 0.6) is 11.5 Å². The van der Waals surface area contributed by atoms with E-state index < -0.39 is 28.5 Å². The molecule has 4 rings (SSSR count). The SMILES string of the molecule is CCCNC(=O)[C@@H](C)N(Cc1ccccc1)C(=O)CN(c1ccc2c(c1)OCCO2)S(=O)(=O)c1ccccc1. The second kappa shape index (κ2) is 12.7. The molecule has 0 aromatic heterocycles. The molecule has 1 heterocycles. The molecule has 1 aliphatic rings. The van der Waals surface area contributed by atoms with E-state index in [1.54, 1.807) is 43.3 Å². The third-order valence-corrected chi connectivity index (χ3v) is 8.12. The number of carbonyl (C=O) groups excluding carboxylic acids is 2. The molecule has 3 aromatic rings. The quantitative estimate of drug-likeness (QED) is 0.391. The number of nitrogens with zero attached hydrogens (tertiary/aromatic N) is 2. The topological polar surface area (TPSA) is 105 Å². The monoisotopic (exact) mass is 551 g/mol. The van der Waals surface area contributed by atoms with Gasteiger partial charge in [0, 0.05) is 19.2 Å².